The maximum Gasteiger partial charge on any atom is 0.472 e. The molecule has 8 N–H and O–H groups in total. The topological polar surface area (TPSA) is 206 Å². The maximum absolute atomic E-state index is 13.0. The largest absolute Gasteiger partial charge is 0.472 e. The van der Waals surface area contributed by atoms with Gasteiger partial charge in [0.1, 0.15) is 36.6 Å². The number of phosphoric ester groups is 1. The molecule has 1 fully saturated rings. The van der Waals surface area contributed by atoms with Gasteiger partial charge in [-0.05, 0) is 12.8 Å². The van der Waals surface area contributed by atoms with E-state index in [4.69, 9.17) is 9.05 Å². The summed E-state index contributed by atoms with van der Waals surface area (Å²) in [5.74, 6) is -0.304. The third-order valence-electron chi connectivity index (χ3n) is 12.2. The van der Waals surface area contributed by atoms with Crippen molar-refractivity contribution in [1.29, 1.82) is 0 Å². The zero-order valence-corrected chi connectivity index (χ0v) is 38.5. The molecule has 0 aliphatic heterocycles. The van der Waals surface area contributed by atoms with Crippen molar-refractivity contribution in [3.63, 3.8) is 0 Å². The Morgan fingerprint density at radius 1 is 0.508 bits per heavy atom. The van der Waals surface area contributed by atoms with Crippen molar-refractivity contribution < 1.29 is 53.9 Å². The number of aliphatic hydroxyl groups is 6. The number of nitrogens with one attached hydrogen (secondary N) is 1. The van der Waals surface area contributed by atoms with Gasteiger partial charge >= 0.3 is 7.82 Å². The van der Waals surface area contributed by atoms with Gasteiger partial charge in [-0.1, -0.05) is 213 Å². The standard InChI is InChI=1S/C46H92NO11P/c1-3-5-7-9-11-13-15-17-19-21-23-25-27-29-31-33-35-39(48)38(37-57-59(55,56)58-46-44(53)42(51)41(50)43(52)45(46)54)47-40(49)36-34-32-30-28-26-24-22-20-18-16-14-12-10-8-6-4-2/h38-39,41-46,48,50-54H,3-37H2,1-2H3,(H,47,49)(H,55,56)/t38-,39+,41?,42+,43?,44?,45?,46?/m0/s1. The first-order valence-corrected chi connectivity index (χ1v) is 26.0. The lowest BCUT2D eigenvalue weighted by molar-refractivity contribution is -0.220. The van der Waals surface area contributed by atoms with E-state index in [1.807, 2.05) is 0 Å². The highest BCUT2D eigenvalue weighted by atomic mass is 31.2. The zero-order chi connectivity index (χ0) is 43.6. The van der Waals surface area contributed by atoms with Gasteiger partial charge < -0.3 is 40.8 Å². The SMILES string of the molecule is CCCCCCCCCCCCCCCCCCC(=O)N[C@@H](COP(=O)(O)OC1C(O)C(O)C(O)[C@@H](O)C1O)[C@H](O)CCCCCCCCCCCCCCCCCC. The van der Waals surface area contributed by atoms with Crippen LogP contribution in [-0.4, -0.2) is 96.8 Å². The number of amides is 1. The second kappa shape index (κ2) is 36.8. The van der Waals surface area contributed by atoms with E-state index in [0.29, 0.717) is 19.3 Å². The summed E-state index contributed by atoms with van der Waals surface area (Å²) in [6.07, 6.45) is 27.0. The predicted molar refractivity (Wildman–Crippen MR) is 237 cm³/mol. The molecule has 6 unspecified atom stereocenters. The Bertz CT molecular complexity index is 1010. The van der Waals surface area contributed by atoms with Crippen LogP contribution in [0.2, 0.25) is 0 Å². The number of rotatable bonds is 41. The molecule has 1 aliphatic carbocycles. The van der Waals surface area contributed by atoms with Crippen molar-refractivity contribution in [2.24, 2.45) is 0 Å². The molecule has 352 valence electrons. The molecule has 13 heteroatoms. The van der Waals surface area contributed by atoms with E-state index in [1.165, 1.54) is 154 Å². The van der Waals surface area contributed by atoms with E-state index >= 15 is 0 Å². The minimum absolute atomic E-state index is 0.243. The van der Waals surface area contributed by atoms with Gasteiger partial charge in [0, 0.05) is 6.42 Å². The highest BCUT2D eigenvalue weighted by molar-refractivity contribution is 7.47. The summed E-state index contributed by atoms with van der Waals surface area (Å²) in [5.41, 5.74) is 0. The van der Waals surface area contributed by atoms with Crippen LogP contribution < -0.4 is 5.32 Å². The summed E-state index contributed by atoms with van der Waals surface area (Å²) < 4.78 is 23.0. The molecule has 12 nitrogen and oxygen atoms in total. The quantitative estimate of drug-likeness (QED) is 0.0215. The Balaban J connectivity index is 2.43. The minimum atomic E-state index is -5.05. The first-order valence-electron chi connectivity index (χ1n) is 24.5. The molecule has 9 atom stereocenters. The lowest BCUT2D eigenvalue weighted by Crippen LogP contribution is -2.64. The van der Waals surface area contributed by atoms with Gasteiger partial charge in [0.2, 0.25) is 5.91 Å². The van der Waals surface area contributed by atoms with Gasteiger partial charge in [0.05, 0.1) is 18.8 Å². The highest BCUT2D eigenvalue weighted by Crippen LogP contribution is 2.47. The van der Waals surface area contributed by atoms with Crippen molar-refractivity contribution in [3.05, 3.63) is 0 Å². The Morgan fingerprint density at radius 2 is 0.814 bits per heavy atom. The van der Waals surface area contributed by atoms with E-state index in [2.05, 4.69) is 19.2 Å². The smallest absolute Gasteiger partial charge is 0.391 e. The van der Waals surface area contributed by atoms with Crippen LogP contribution in [0.1, 0.15) is 232 Å². The third kappa shape index (κ3) is 28.6. The molecule has 0 aromatic carbocycles. The molecule has 0 bridgehead atoms. The fourth-order valence-corrected chi connectivity index (χ4v) is 9.11. The fraction of sp³-hybridized carbons (Fsp3) is 0.978. The molecule has 1 saturated carbocycles. The van der Waals surface area contributed by atoms with Crippen LogP contribution in [0.4, 0.5) is 0 Å². The number of hydrogen-bond donors (Lipinski definition) is 8. The first-order chi connectivity index (χ1) is 28.4. The van der Waals surface area contributed by atoms with E-state index in [0.717, 1.165) is 38.5 Å². The first kappa shape index (κ1) is 56.4. The number of aliphatic hydroxyl groups excluding tert-OH is 6. The Kier molecular flexibility index (Phi) is 35.1. The van der Waals surface area contributed by atoms with Gasteiger partial charge in [0.15, 0.2) is 0 Å². The second-order valence-electron chi connectivity index (χ2n) is 17.7. The normalized spacial score (nSPS) is 22.9. The zero-order valence-electron chi connectivity index (χ0n) is 37.6. The molecule has 1 amide bonds. The highest BCUT2D eigenvalue weighted by Gasteiger charge is 2.51. The van der Waals surface area contributed by atoms with E-state index in [-0.39, 0.29) is 12.3 Å². The molecule has 1 aliphatic rings. The van der Waals surface area contributed by atoms with Crippen LogP contribution in [0.15, 0.2) is 0 Å². The summed E-state index contributed by atoms with van der Waals surface area (Å²) in [6, 6.07) is -1.02. The van der Waals surface area contributed by atoms with Gasteiger partial charge in [-0.25, -0.2) is 4.57 Å². The second-order valence-corrected chi connectivity index (χ2v) is 19.1. The number of carbonyl (C=O) groups is 1. The molecule has 1 rings (SSSR count). The molecule has 0 aromatic heterocycles. The van der Waals surface area contributed by atoms with Crippen molar-refractivity contribution in [1.82, 2.24) is 5.32 Å². The molecule has 0 aromatic rings. The van der Waals surface area contributed by atoms with E-state index in [1.54, 1.807) is 0 Å². The average Bonchev–Trinajstić information content (AvgIpc) is 3.22. The maximum atomic E-state index is 13.0. The van der Waals surface area contributed by atoms with Crippen molar-refractivity contribution in [3.8, 4) is 0 Å². The predicted octanol–water partition coefficient (Wildman–Crippen LogP) is 9.46. The van der Waals surface area contributed by atoms with Gasteiger partial charge in [-0.3, -0.25) is 13.8 Å². The van der Waals surface area contributed by atoms with Crippen LogP contribution in [-0.2, 0) is 18.4 Å². The van der Waals surface area contributed by atoms with Crippen molar-refractivity contribution in [2.75, 3.05) is 6.61 Å². The number of hydrogen-bond acceptors (Lipinski definition) is 10. The van der Waals surface area contributed by atoms with Crippen LogP contribution >= 0.6 is 7.82 Å². The molecule has 0 saturated heterocycles. The Morgan fingerprint density at radius 3 is 1.17 bits per heavy atom. The lowest BCUT2D eigenvalue weighted by Gasteiger charge is -2.41. The van der Waals surface area contributed by atoms with Crippen molar-refractivity contribution >= 4 is 13.7 Å². The van der Waals surface area contributed by atoms with Gasteiger partial charge in [-0.15, -0.1) is 0 Å². The minimum Gasteiger partial charge on any atom is -0.391 e. The molecule has 0 heterocycles. The molecular weight excluding hydrogens is 773 g/mol. The van der Waals surface area contributed by atoms with Crippen LogP contribution in [0.5, 0.6) is 0 Å². The third-order valence-corrected chi connectivity index (χ3v) is 13.2. The van der Waals surface area contributed by atoms with E-state index < -0.39 is 63.2 Å². The monoisotopic (exact) mass is 866 g/mol. The summed E-state index contributed by atoms with van der Waals surface area (Å²) in [5, 5.41) is 64.2. The fourth-order valence-electron chi connectivity index (χ4n) is 8.14. The Labute approximate surface area is 359 Å². The molecule has 0 radical (unpaired) electrons. The molecular formula is C46H92NO11P. The van der Waals surface area contributed by atoms with Gasteiger partial charge in [-0.2, -0.15) is 0 Å². The summed E-state index contributed by atoms with van der Waals surface area (Å²) in [4.78, 5) is 23.4. The number of unbranched alkanes of at least 4 members (excludes halogenated alkanes) is 30. The number of phosphoric acid groups is 1. The summed E-state index contributed by atoms with van der Waals surface area (Å²) in [6.45, 7) is 3.91. The summed E-state index contributed by atoms with van der Waals surface area (Å²) >= 11 is 0. The van der Waals surface area contributed by atoms with Crippen LogP contribution in [0.3, 0.4) is 0 Å². The van der Waals surface area contributed by atoms with E-state index in [9.17, 15) is 44.9 Å². The average molecular weight is 866 g/mol. The number of carbonyl (C=O) groups excluding carboxylic acids is 1. The molecule has 0 spiro atoms. The summed E-state index contributed by atoms with van der Waals surface area (Å²) in [7, 11) is -5.05. The Hall–Kier alpha value is -0.660. The van der Waals surface area contributed by atoms with Crippen LogP contribution in [0.25, 0.3) is 0 Å². The van der Waals surface area contributed by atoms with Crippen LogP contribution in [0, 0.1) is 0 Å². The lowest BCUT2D eigenvalue weighted by atomic mass is 9.85. The van der Waals surface area contributed by atoms with Crippen molar-refractivity contribution in [2.45, 2.75) is 281 Å². The van der Waals surface area contributed by atoms with Gasteiger partial charge in [0.25, 0.3) is 0 Å². The molecule has 59 heavy (non-hydrogen) atoms.